The molecule has 0 saturated carbocycles. The van der Waals surface area contributed by atoms with Gasteiger partial charge in [-0.2, -0.15) is 0 Å². The van der Waals surface area contributed by atoms with Crippen molar-refractivity contribution >= 4 is 18.1 Å². The molecule has 2 aromatic carbocycles. The van der Waals surface area contributed by atoms with Gasteiger partial charge in [-0.15, -0.1) is 0 Å². The minimum Gasteiger partial charge on any atom is -0.493 e. The number of aryl methyl sites for hydroxylation is 1. The summed E-state index contributed by atoms with van der Waals surface area (Å²) in [6.07, 6.45) is 6.49. The fourth-order valence-corrected chi connectivity index (χ4v) is 2.77. The molecule has 29 heavy (non-hydrogen) atoms. The number of pyridine rings is 1. The van der Waals surface area contributed by atoms with Crippen LogP contribution in [-0.4, -0.2) is 25.2 Å². The third-order valence-corrected chi connectivity index (χ3v) is 4.31. The summed E-state index contributed by atoms with van der Waals surface area (Å²) < 4.78 is 15.9. The maximum absolute atomic E-state index is 12.2. The molecule has 148 valence electrons. The van der Waals surface area contributed by atoms with E-state index in [1.165, 1.54) is 0 Å². The molecule has 0 saturated heterocycles. The molecule has 0 fully saturated rings. The zero-order valence-electron chi connectivity index (χ0n) is 16.5. The molecule has 3 rings (SSSR count). The summed E-state index contributed by atoms with van der Waals surface area (Å²) in [5.41, 5.74) is 2.87. The maximum Gasteiger partial charge on any atom is 0.311 e. The van der Waals surface area contributed by atoms with E-state index in [2.05, 4.69) is 4.98 Å². The maximum atomic E-state index is 12.2. The molecule has 0 aliphatic heterocycles. The summed E-state index contributed by atoms with van der Waals surface area (Å²) in [6.45, 7) is 0. The lowest BCUT2D eigenvalue weighted by Crippen LogP contribution is -2.09. The van der Waals surface area contributed by atoms with E-state index < -0.39 is 0 Å². The second kappa shape index (κ2) is 10.1. The van der Waals surface area contributed by atoms with Gasteiger partial charge in [0.1, 0.15) is 5.75 Å². The van der Waals surface area contributed by atoms with E-state index in [0.29, 0.717) is 23.7 Å². The number of carbonyl (C=O) groups excluding carboxylic acids is 1. The number of aromatic nitrogens is 1. The molecule has 1 heterocycles. The first-order chi connectivity index (χ1) is 14.2. The van der Waals surface area contributed by atoms with Crippen LogP contribution in [0.15, 0.2) is 66.9 Å². The number of methoxy groups -OCH3 is 2. The van der Waals surface area contributed by atoms with Gasteiger partial charge in [0.15, 0.2) is 11.5 Å². The molecule has 5 heteroatoms. The first kappa shape index (κ1) is 20.1. The molecule has 0 atom stereocenters. The lowest BCUT2D eigenvalue weighted by molar-refractivity contribution is -0.134. The van der Waals surface area contributed by atoms with Gasteiger partial charge in [-0.25, -0.2) is 0 Å². The summed E-state index contributed by atoms with van der Waals surface area (Å²) in [6, 6.07) is 18.7. The highest BCUT2D eigenvalue weighted by molar-refractivity contribution is 5.73. The van der Waals surface area contributed by atoms with E-state index >= 15 is 0 Å². The molecule has 0 aliphatic rings. The Morgan fingerprint density at radius 3 is 2.41 bits per heavy atom. The number of rotatable bonds is 8. The summed E-state index contributed by atoms with van der Waals surface area (Å²) in [5, 5.41) is 0. The predicted octanol–water partition coefficient (Wildman–Crippen LogP) is 4.81. The van der Waals surface area contributed by atoms with Crippen LogP contribution in [0.5, 0.6) is 17.2 Å². The highest BCUT2D eigenvalue weighted by Crippen LogP contribution is 2.28. The van der Waals surface area contributed by atoms with Crippen LogP contribution in [0.1, 0.15) is 23.2 Å². The molecule has 5 nitrogen and oxygen atoms in total. The van der Waals surface area contributed by atoms with Crippen molar-refractivity contribution < 1.29 is 19.0 Å². The quantitative estimate of drug-likeness (QED) is 0.409. The van der Waals surface area contributed by atoms with Crippen LogP contribution in [0.2, 0.25) is 0 Å². The second-order valence-corrected chi connectivity index (χ2v) is 6.32. The average Bonchev–Trinajstić information content (AvgIpc) is 2.77. The van der Waals surface area contributed by atoms with Gasteiger partial charge in [-0.3, -0.25) is 9.78 Å². The fraction of sp³-hybridized carbons (Fsp3) is 0.167. The SMILES string of the molecule is COc1ccc(CCC(=O)Oc2ccc(/C=C/c3ccccn3)cc2)cc1OC. The third-order valence-electron chi connectivity index (χ3n) is 4.31. The number of carbonyl (C=O) groups is 1. The first-order valence-electron chi connectivity index (χ1n) is 9.28. The van der Waals surface area contributed by atoms with Gasteiger partial charge in [-0.1, -0.05) is 30.3 Å². The van der Waals surface area contributed by atoms with Crippen molar-refractivity contribution in [1.29, 1.82) is 0 Å². The average molecular weight is 389 g/mol. The van der Waals surface area contributed by atoms with Gasteiger partial charge < -0.3 is 14.2 Å². The summed E-state index contributed by atoms with van der Waals surface area (Å²) >= 11 is 0. The molecular weight excluding hydrogens is 366 g/mol. The van der Waals surface area contributed by atoms with Gasteiger partial charge in [0, 0.05) is 12.6 Å². The van der Waals surface area contributed by atoms with Crippen molar-refractivity contribution in [2.75, 3.05) is 14.2 Å². The molecule has 0 aliphatic carbocycles. The predicted molar refractivity (Wildman–Crippen MR) is 113 cm³/mol. The van der Waals surface area contributed by atoms with Crippen LogP contribution in [0.3, 0.4) is 0 Å². The number of benzene rings is 2. The Balaban J connectivity index is 1.52. The molecule has 0 bridgehead atoms. The third kappa shape index (κ3) is 5.94. The van der Waals surface area contributed by atoms with Gasteiger partial charge in [0.05, 0.1) is 19.9 Å². The van der Waals surface area contributed by atoms with Crippen LogP contribution < -0.4 is 14.2 Å². The van der Waals surface area contributed by atoms with Crippen LogP contribution in [0.25, 0.3) is 12.2 Å². The van der Waals surface area contributed by atoms with Crippen molar-refractivity contribution in [3.8, 4) is 17.2 Å². The number of esters is 1. The minimum absolute atomic E-state index is 0.275. The van der Waals surface area contributed by atoms with Crippen molar-refractivity contribution in [2.24, 2.45) is 0 Å². The number of hydrogen-bond donors (Lipinski definition) is 0. The highest BCUT2D eigenvalue weighted by atomic mass is 16.5. The Hall–Kier alpha value is -3.60. The summed E-state index contributed by atoms with van der Waals surface area (Å²) in [4.78, 5) is 16.4. The standard InChI is InChI=1S/C24H23NO4/c1-27-22-14-9-19(17-23(22)28-2)10-15-24(26)29-21-12-7-18(8-13-21)6-11-20-5-3-4-16-25-20/h3-9,11-14,16-17H,10,15H2,1-2H3/b11-6+. The van der Waals surface area contributed by atoms with Gasteiger partial charge in [-0.05, 0) is 60.0 Å². The lowest BCUT2D eigenvalue weighted by Gasteiger charge is -2.09. The van der Waals surface area contributed by atoms with Crippen molar-refractivity contribution in [1.82, 2.24) is 4.98 Å². The smallest absolute Gasteiger partial charge is 0.311 e. The number of ether oxygens (including phenoxy) is 3. The van der Waals surface area contributed by atoms with E-state index in [0.717, 1.165) is 16.8 Å². The van der Waals surface area contributed by atoms with Gasteiger partial charge >= 0.3 is 5.97 Å². The second-order valence-electron chi connectivity index (χ2n) is 6.32. The molecule has 0 radical (unpaired) electrons. The summed E-state index contributed by atoms with van der Waals surface area (Å²) in [7, 11) is 3.18. The van der Waals surface area contributed by atoms with Crippen LogP contribution >= 0.6 is 0 Å². The Morgan fingerprint density at radius 2 is 1.72 bits per heavy atom. The Labute approximate surface area is 170 Å². The number of nitrogens with zero attached hydrogens (tertiary/aromatic N) is 1. The monoisotopic (exact) mass is 389 g/mol. The molecule has 0 unspecified atom stereocenters. The van der Waals surface area contributed by atoms with Gasteiger partial charge in [0.2, 0.25) is 0 Å². The molecule has 0 amide bonds. The van der Waals surface area contributed by atoms with Crippen molar-refractivity contribution in [3.63, 3.8) is 0 Å². The highest BCUT2D eigenvalue weighted by Gasteiger charge is 2.08. The first-order valence-corrected chi connectivity index (χ1v) is 9.28. The van der Waals surface area contributed by atoms with E-state index in [9.17, 15) is 4.79 Å². The minimum atomic E-state index is -0.281. The molecule has 0 N–H and O–H groups in total. The van der Waals surface area contributed by atoms with Crippen LogP contribution in [-0.2, 0) is 11.2 Å². The zero-order chi connectivity index (χ0) is 20.5. The normalized spacial score (nSPS) is 10.7. The molecule has 3 aromatic rings. The van der Waals surface area contributed by atoms with E-state index in [-0.39, 0.29) is 12.4 Å². The molecule has 0 spiro atoms. The van der Waals surface area contributed by atoms with Crippen molar-refractivity contribution in [2.45, 2.75) is 12.8 Å². The Morgan fingerprint density at radius 1 is 0.931 bits per heavy atom. The zero-order valence-corrected chi connectivity index (χ0v) is 16.5. The Kier molecular flexibility index (Phi) is 7.00. The van der Waals surface area contributed by atoms with Crippen LogP contribution in [0.4, 0.5) is 0 Å². The van der Waals surface area contributed by atoms with Crippen molar-refractivity contribution in [3.05, 3.63) is 83.7 Å². The van der Waals surface area contributed by atoms with E-state index in [1.807, 2.05) is 60.7 Å². The number of hydrogen-bond acceptors (Lipinski definition) is 5. The molecular formula is C24H23NO4. The lowest BCUT2D eigenvalue weighted by atomic mass is 10.1. The van der Waals surface area contributed by atoms with Crippen LogP contribution in [0, 0.1) is 0 Å². The largest absolute Gasteiger partial charge is 0.493 e. The van der Waals surface area contributed by atoms with E-state index in [1.54, 1.807) is 32.5 Å². The fourth-order valence-electron chi connectivity index (χ4n) is 2.77. The summed E-state index contributed by atoms with van der Waals surface area (Å²) in [5.74, 6) is 1.55. The topological polar surface area (TPSA) is 57.7 Å². The van der Waals surface area contributed by atoms with Gasteiger partial charge in [0.25, 0.3) is 0 Å². The van der Waals surface area contributed by atoms with E-state index in [4.69, 9.17) is 14.2 Å². The molecule has 1 aromatic heterocycles. The Bertz CT molecular complexity index is 966.